The van der Waals surface area contributed by atoms with Crippen molar-refractivity contribution in [2.45, 2.75) is 12.8 Å². The molecule has 202 valence electrons. The molecular weight excluding hydrogens is 498 g/mol. The highest BCUT2D eigenvalue weighted by molar-refractivity contribution is 5.99. The fourth-order valence-electron chi connectivity index (χ4n) is 6.37. The Morgan fingerprint density at radius 2 is 1.75 bits per heavy atom. The molecule has 0 saturated carbocycles. The number of rotatable bonds is 3. The number of benzene rings is 3. The number of piperidine rings is 1. The first kappa shape index (κ1) is 24.9. The van der Waals surface area contributed by atoms with Gasteiger partial charge in [-0.1, -0.05) is 42.3 Å². The van der Waals surface area contributed by atoms with E-state index in [1.54, 1.807) is 0 Å². The first-order valence-electron chi connectivity index (χ1n) is 14.2. The van der Waals surface area contributed by atoms with Gasteiger partial charge in [0.15, 0.2) is 0 Å². The quantitative estimate of drug-likeness (QED) is 0.386. The third-order valence-corrected chi connectivity index (χ3v) is 8.50. The number of amides is 1. The van der Waals surface area contributed by atoms with Gasteiger partial charge in [0, 0.05) is 65.9 Å². The van der Waals surface area contributed by atoms with Crippen LogP contribution in [0.2, 0.25) is 0 Å². The molecule has 0 bridgehead atoms. The van der Waals surface area contributed by atoms with Crippen LogP contribution in [0.5, 0.6) is 0 Å². The molecule has 0 atom stereocenters. The summed E-state index contributed by atoms with van der Waals surface area (Å²) in [5.41, 5.74) is 6.88. The topological polar surface area (TPSA) is 73.5 Å². The van der Waals surface area contributed by atoms with Crippen LogP contribution < -0.4 is 10.2 Å². The number of hydrogen-bond donors (Lipinski definition) is 2. The number of fused-ring (bicyclic) bond motifs is 1. The number of nitrogens with one attached hydrogen (secondary N) is 2. The molecule has 1 amide bonds. The average molecular weight is 532 g/mol. The molecule has 4 aromatic rings. The van der Waals surface area contributed by atoms with E-state index >= 15 is 0 Å². The maximum atomic E-state index is 13.3. The SMILES string of the molecule is O=C(c1ccc2[nH]nc(C#Cc3ccccc3-c3ccccc3N3CCOCC3)c2c1)N1CC2(CCCNC2)C1. The summed E-state index contributed by atoms with van der Waals surface area (Å²) < 4.78 is 5.58. The zero-order valence-electron chi connectivity index (χ0n) is 22.6. The van der Waals surface area contributed by atoms with Crippen molar-refractivity contribution < 1.29 is 9.53 Å². The number of carbonyl (C=O) groups is 1. The number of anilines is 1. The number of hydrogen-bond acceptors (Lipinski definition) is 5. The lowest BCUT2D eigenvalue weighted by Crippen LogP contribution is -2.63. The lowest BCUT2D eigenvalue weighted by atomic mass is 9.74. The summed E-state index contributed by atoms with van der Waals surface area (Å²) in [4.78, 5) is 17.7. The van der Waals surface area contributed by atoms with Crippen LogP contribution >= 0.6 is 0 Å². The molecule has 4 heterocycles. The summed E-state index contributed by atoms with van der Waals surface area (Å²) in [6.07, 6.45) is 2.38. The van der Waals surface area contributed by atoms with Crippen LogP contribution in [0, 0.1) is 17.3 Å². The Hall–Kier alpha value is -4.12. The molecule has 3 aliphatic rings. The molecule has 3 fully saturated rings. The molecule has 1 spiro atoms. The van der Waals surface area contributed by atoms with Gasteiger partial charge in [-0.05, 0) is 61.2 Å². The molecule has 3 aromatic carbocycles. The van der Waals surface area contributed by atoms with Crippen molar-refractivity contribution >= 4 is 22.5 Å². The van der Waals surface area contributed by atoms with E-state index in [1.807, 2.05) is 29.2 Å². The number of ether oxygens (including phenoxy) is 1. The van der Waals surface area contributed by atoms with Crippen molar-refractivity contribution in [2.24, 2.45) is 5.41 Å². The Morgan fingerprint density at radius 3 is 2.58 bits per heavy atom. The Kier molecular flexibility index (Phi) is 6.51. The fraction of sp³-hybridized carbons (Fsp3) is 0.333. The van der Waals surface area contributed by atoms with E-state index in [-0.39, 0.29) is 11.3 Å². The smallest absolute Gasteiger partial charge is 0.253 e. The maximum Gasteiger partial charge on any atom is 0.253 e. The van der Waals surface area contributed by atoms with Crippen molar-refractivity contribution in [1.82, 2.24) is 20.4 Å². The molecule has 0 aliphatic carbocycles. The molecule has 1 aromatic heterocycles. The molecule has 7 heteroatoms. The lowest BCUT2D eigenvalue weighted by Gasteiger charge is -2.52. The predicted octanol–water partition coefficient (Wildman–Crippen LogP) is 4.29. The number of carbonyl (C=O) groups excluding carboxylic acids is 1. The minimum Gasteiger partial charge on any atom is -0.378 e. The largest absolute Gasteiger partial charge is 0.378 e. The minimum atomic E-state index is 0.0864. The van der Waals surface area contributed by atoms with Crippen LogP contribution in [-0.4, -0.2) is 73.5 Å². The van der Waals surface area contributed by atoms with Crippen molar-refractivity contribution in [3.63, 3.8) is 0 Å². The maximum absolute atomic E-state index is 13.3. The number of H-pyrrole nitrogens is 1. The molecule has 40 heavy (non-hydrogen) atoms. The Labute approximate surface area is 234 Å². The van der Waals surface area contributed by atoms with Gasteiger partial charge in [0.1, 0.15) is 5.69 Å². The summed E-state index contributed by atoms with van der Waals surface area (Å²) >= 11 is 0. The van der Waals surface area contributed by atoms with Crippen molar-refractivity contribution in [2.75, 3.05) is 57.4 Å². The van der Waals surface area contributed by atoms with Crippen LogP contribution in [-0.2, 0) is 4.74 Å². The van der Waals surface area contributed by atoms with Crippen LogP contribution in [0.4, 0.5) is 5.69 Å². The van der Waals surface area contributed by atoms with E-state index < -0.39 is 0 Å². The minimum absolute atomic E-state index is 0.0864. The van der Waals surface area contributed by atoms with E-state index in [0.717, 1.165) is 80.1 Å². The van der Waals surface area contributed by atoms with Gasteiger partial charge >= 0.3 is 0 Å². The molecule has 0 radical (unpaired) electrons. The number of para-hydroxylation sites is 1. The molecule has 0 unspecified atom stereocenters. The fourth-order valence-corrected chi connectivity index (χ4v) is 6.37. The van der Waals surface area contributed by atoms with Crippen molar-refractivity contribution in [1.29, 1.82) is 0 Å². The molecule has 3 saturated heterocycles. The van der Waals surface area contributed by atoms with Crippen LogP contribution in [0.15, 0.2) is 66.7 Å². The van der Waals surface area contributed by atoms with E-state index in [2.05, 4.69) is 74.7 Å². The number of nitrogens with zero attached hydrogens (tertiary/aromatic N) is 3. The van der Waals surface area contributed by atoms with Gasteiger partial charge in [-0.25, -0.2) is 0 Å². The summed E-state index contributed by atoms with van der Waals surface area (Å²) in [6.45, 7) is 6.98. The standard InChI is InChI=1S/C33H33N5O2/c39-32(38-22-33(23-38)14-5-15-34-21-33)25-11-13-30-28(20-25)29(35-36-30)12-10-24-6-1-2-7-26(24)27-8-3-4-9-31(27)37-16-18-40-19-17-37/h1-4,6-9,11,13,20,34H,5,14-19,21-23H2,(H,35,36). The highest BCUT2D eigenvalue weighted by Crippen LogP contribution is 2.37. The molecular formula is C33H33N5O2. The van der Waals surface area contributed by atoms with Gasteiger partial charge in [-0.3, -0.25) is 9.89 Å². The zero-order valence-corrected chi connectivity index (χ0v) is 22.6. The number of aromatic nitrogens is 2. The highest BCUT2D eigenvalue weighted by Gasteiger charge is 2.45. The van der Waals surface area contributed by atoms with Gasteiger partial charge in [0.2, 0.25) is 0 Å². The van der Waals surface area contributed by atoms with Crippen LogP contribution in [0.1, 0.15) is 34.5 Å². The number of likely N-dealkylation sites (tertiary alicyclic amines) is 1. The second-order valence-corrected chi connectivity index (χ2v) is 11.2. The second kappa shape index (κ2) is 10.5. The first-order chi connectivity index (χ1) is 19.7. The van der Waals surface area contributed by atoms with Crippen molar-refractivity contribution in [3.05, 3.63) is 83.6 Å². The molecule has 2 N–H and O–H groups in total. The van der Waals surface area contributed by atoms with Gasteiger partial charge in [-0.15, -0.1) is 0 Å². The average Bonchev–Trinajstić information content (AvgIpc) is 3.41. The highest BCUT2D eigenvalue weighted by atomic mass is 16.5. The second-order valence-electron chi connectivity index (χ2n) is 11.2. The number of aromatic amines is 1. The summed E-state index contributed by atoms with van der Waals surface area (Å²) in [5, 5.41) is 12.0. The van der Waals surface area contributed by atoms with Crippen molar-refractivity contribution in [3.8, 4) is 23.0 Å². The van der Waals surface area contributed by atoms with Gasteiger partial charge < -0.3 is 19.9 Å². The van der Waals surface area contributed by atoms with E-state index in [4.69, 9.17) is 4.74 Å². The van der Waals surface area contributed by atoms with Gasteiger partial charge in [0.25, 0.3) is 5.91 Å². The predicted molar refractivity (Wildman–Crippen MR) is 157 cm³/mol. The zero-order chi connectivity index (χ0) is 26.9. The monoisotopic (exact) mass is 531 g/mol. The van der Waals surface area contributed by atoms with Gasteiger partial charge in [0.05, 0.1) is 18.7 Å². The van der Waals surface area contributed by atoms with Crippen LogP contribution in [0.25, 0.3) is 22.0 Å². The summed E-state index contributed by atoms with van der Waals surface area (Å²) in [5.74, 6) is 6.78. The normalized spacial score (nSPS) is 18.3. The molecule has 3 aliphatic heterocycles. The first-order valence-corrected chi connectivity index (χ1v) is 14.2. The summed E-state index contributed by atoms with van der Waals surface area (Å²) in [6, 6.07) is 22.5. The van der Waals surface area contributed by atoms with E-state index in [0.29, 0.717) is 11.3 Å². The summed E-state index contributed by atoms with van der Waals surface area (Å²) in [7, 11) is 0. The van der Waals surface area contributed by atoms with Crippen LogP contribution in [0.3, 0.4) is 0 Å². The molecule has 7 rings (SSSR count). The Bertz CT molecular complexity index is 1610. The third kappa shape index (κ3) is 4.64. The lowest BCUT2D eigenvalue weighted by molar-refractivity contribution is -0.00721. The van der Waals surface area contributed by atoms with E-state index in [9.17, 15) is 4.79 Å². The third-order valence-electron chi connectivity index (χ3n) is 8.50. The van der Waals surface area contributed by atoms with E-state index in [1.165, 1.54) is 18.5 Å². The number of morpholine rings is 1. The Morgan fingerprint density at radius 1 is 0.950 bits per heavy atom. The molecule has 7 nitrogen and oxygen atoms in total. The van der Waals surface area contributed by atoms with Gasteiger partial charge in [-0.2, -0.15) is 5.10 Å². The Balaban J connectivity index is 1.17.